The first-order valence-electron chi connectivity index (χ1n) is 8.93. The van der Waals surface area contributed by atoms with Crippen LogP contribution >= 0.6 is 11.3 Å². The van der Waals surface area contributed by atoms with E-state index in [1.165, 1.54) is 0 Å². The van der Waals surface area contributed by atoms with Crippen LogP contribution in [0.15, 0.2) is 72.2 Å². The van der Waals surface area contributed by atoms with Crippen LogP contribution in [0.4, 0.5) is 0 Å². The van der Waals surface area contributed by atoms with Crippen molar-refractivity contribution in [3.05, 3.63) is 83.9 Å². The molecule has 1 N–H and O–H groups in total. The third-order valence-corrected chi connectivity index (χ3v) is 5.21. The van der Waals surface area contributed by atoms with Crippen LogP contribution in [0.25, 0.3) is 22.0 Å². The highest BCUT2D eigenvalue weighted by molar-refractivity contribution is 7.13. The lowest BCUT2D eigenvalue weighted by atomic mass is 10.3. The normalized spacial score (nSPS) is 11.0. The van der Waals surface area contributed by atoms with Gasteiger partial charge in [0.25, 0.3) is 5.91 Å². The molecule has 0 aliphatic carbocycles. The van der Waals surface area contributed by atoms with Crippen molar-refractivity contribution in [1.82, 2.24) is 34.7 Å². The second-order valence-corrected chi connectivity index (χ2v) is 7.16. The number of thiophene rings is 1. The molecule has 0 unspecified atom stereocenters. The van der Waals surface area contributed by atoms with E-state index in [1.54, 1.807) is 16.0 Å². The fourth-order valence-electron chi connectivity index (χ4n) is 2.97. The van der Waals surface area contributed by atoms with Crippen LogP contribution in [0.1, 0.15) is 16.4 Å². The highest BCUT2D eigenvalue weighted by atomic mass is 32.1. The average Bonchev–Trinajstić information content (AvgIpc) is 3.52. The Hall–Kier alpha value is -3.85. The minimum atomic E-state index is -0.370. The molecule has 29 heavy (non-hydrogen) atoms. The predicted octanol–water partition coefficient (Wildman–Crippen LogP) is 2.97. The van der Waals surface area contributed by atoms with E-state index in [0.29, 0.717) is 11.6 Å². The van der Waals surface area contributed by atoms with Crippen molar-refractivity contribution >= 4 is 22.9 Å². The fraction of sp³-hybridized carbons (Fsp3) is 0.0500. The molecule has 0 spiro atoms. The summed E-state index contributed by atoms with van der Waals surface area (Å²) in [6.45, 7) is 0.220. The van der Waals surface area contributed by atoms with E-state index in [2.05, 4.69) is 25.6 Å². The molecule has 8 nitrogen and oxygen atoms in total. The van der Waals surface area contributed by atoms with Gasteiger partial charge in [0.1, 0.15) is 0 Å². The quantitative estimate of drug-likeness (QED) is 0.489. The first-order chi connectivity index (χ1) is 14.3. The number of fused-ring (bicyclic) bond motifs is 1. The molecule has 0 saturated carbocycles. The van der Waals surface area contributed by atoms with Crippen molar-refractivity contribution in [3.8, 4) is 16.4 Å². The summed E-state index contributed by atoms with van der Waals surface area (Å²) in [6, 6.07) is 19.2. The van der Waals surface area contributed by atoms with E-state index in [0.717, 1.165) is 16.2 Å². The van der Waals surface area contributed by atoms with Gasteiger partial charge in [0, 0.05) is 6.20 Å². The van der Waals surface area contributed by atoms with Gasteiger partial charge in [-0.2, -0.15) is 0 Å². The average molecular weight is 401 g/mol. The number of nitrogens with zero attached hydrogens (tertiary/aromatic N) is 6. The Balaban J connectivity index is 1.44. The maximum Gasteiger partial charge on any atom is 0.291 e. The summed E-state index contributed by atoms with van der Waals surface area (Å²) in [7, 11) is 0. The number of pyridine rings is 1. The Bertz CT molecular complexity index is 1270. The largest absolute Gasteiger partial charge is 0.342 e. The number of hydrogen-bond donors (Lipinski definition) is 1. The van der Waals surface area contributed by atoms with Crippen LogP contribution < -0.4 is 5.32 Å². The topological polar surface area (TPSA) is 90.0 Å². The molecule has 0 radical (unpaired) electrons. The van der Waals surface area contributed by atoms with E-state index >= 15 is 0 Å². The molecule has 5 rings (SSSR count). The van der Waals surface area contributed by atoms with Gasteiger partial charge >= 0.3 is 0 Å². The van der Waals surface area contributed by atoms with Crippen molar-refractivity contribution in [3.63, 3.8) is 0 Å². The Kier molecular flexibility index (Phi) is 4.34. The SMILES string of the molecule is O=C(NCc1nnc2ccccn12)c1nc(-c2cccs2)n(-c2ccccc2)n1. The molecule has 4 aromatic heterocycles. The van der Waals surface area contributed by atoms with Gasteiger partial charge in [-0.25, -0.2) is 9.67 Å². The number of carbonyl (C=O) groups is 1. The summed E-state index contributed by atoms with van der Waals surface area (Å²) < 4.78 is 3.51. The summed E-state index contributed by atoms with van der Waals surface area (Å²) in [6.07, 6.45) is 1.86. The third-order valence-electron chi connectivity index (χ3n) is 4.34. The number of carbonyl (C=O) groups excluding carboxylic acids is 1. The van der Waals surface area contributed by atoms with Gasteiger partial charge in [0.15, 0.2) is 17.3 Å². The molecule has 1 aromatic carbocycles. The number of aromatic nitrogens is 6. The molecular weight excluding hydrogens is 386 g/mol. The number of benzene rings is 1. The molecule has 0 aliphatic rings. The smallest absolute Gasteiger partial charge is 0.291 e. The summed E-state index contributed by atoms with van der Waals surface area (Å²) >= 11 is 1.55. The molecule has 0 fully saturated rings. The van der Waals surface area contributed by atoms with E-state index in [4.69, 9.17) is 0 Å². The van der Waals surface area contributed by atoms with Crippen LogP contribution in [0.2, 0.25) is 0 Å². The number of hydrogen-bond acceptors (Lipinski definition) is 6. The van der Waals surface area contributed by atoms with Gasteiger partial charge in [0.2, 0.25) is 5.82 Å². The number of nitrogens with one attached hydrogen (secondary N) is 1. The second kappa shape index (κ2) is 7.28. The predicted molar refractivity (Wildman–Crippen MR) is 109 cm³/mol. The van der Waals surface area contributed by atoms with Crippen LogP contribution in [0.3, 0.4) is 0 Å². The van der Waals surface area contributed by atoms with Gasteiger partial charge in [-0.3, -0.25) is 9.20 Å². The zero-order valence-corrected chi connectivity index (χ0v) is 16.0. The minimum absolute atomic E-state index is 0.103. The van der Waals surface area contributed by atoms with Crippen molar-refractivity contribution in [2.24, 2.45) is 0 Å². The first kappa shape index (κ1) is 17.3. The number of para-hydroxylation sites is 1. The molecule has 9 heteroatoms. The fourth-order valence-corrected chi connectivity index (χ4v) is 3.67. The molecule has 1 amide bonds. The lowest BCUT2D eigenvalue weighted by Gasteiger charge is -2.03. The van der Waals surface area contributed by atoms with Crippen molar-refractivity contribution in [1.29, 1.82) is 0 Å². The zero-order chi connectivity index (χ0) is 19.6. The molecule has 4 heterocycles. The van der Waals surface area contributed by atoms with Crippen LogP contribution in [-0.2, 0) is 6.54 Å². The molecule has 5 aromatic rings. The molecular formula is C20H15N7OS. The van der Waals surface area contributed by atoms with Gasteiger partial charge in [-0.15, -0.1) is 26.6 Å². The highest BCUT2D eigenvalue weighted by Gasteiger charge is 2.19. The Morgan fingerprint density at radius 3 is 2.69 bits per heavy atom. The molecule has 0 aliphatic heterocycles. The van der Waals surface area contributed by atoms with E-state index in [-0.39, 0.29) is 18.3 Å². The van der Waals surface area contributed by atoms with Gasteiger partial charge in [-0.05, 0) is 35.7 Å². The molecule has 142 valence electrons. The summed E-state index contributed by atoms with van der Waals surface area (Å²) in [5, 5.41) is 17.5. The van der Waals surface area contributed by atoms with Crippen molar-refractivity contribution in [2.45, 2.75) is 6.54 Å². The van der Waals surface area contributed by atoms with Gasteiger partial charge < -0.3 is 5.32 Å². The Morgan fingerprint density at radius 2 is 1.86 bits per heavy atom. The Labute approximate surface area is 169 Å². The number of rotatable bonds is 5. The Morgan fingerprint density at radius 1 is 1.00 bits per heavy atom. The lowest BCUT2D eigenvalue weighted by molar-refractivity contribution is 0.0939. The summed E-state index contributed by atoms with van der Waals surface area (Å²) in [5.41, 5.74) is 1.56. The maximum absolute atomic E-state index is 12.7. The molecule has 0 bridgehead atoms. The third kappa shape index (κ3) is 3.27. The van der Waals surface area contributed by atoms with E-state index < -0.39 is 0 Å². The minimum Gasteiger partial charge on any atom is -0.342 e. The highest BCUT2D eigenvalue weighted by Crippen LogP contribution is 2.25. The zero-order valence-electron chi connectivity index (χ0n) is 15.1. The molecule has 0 saturated heterocycles. The van der Waals surface area contributed by atoms with Crippen LogP contribution in [0, 0.1) is 0 Å². The first-order valence-corrected chi connectivity index (χ1v) is 9.81. The monoisotopic (exact) mass is 401 g/mol. The summed E-state index contributed by atoms with van der Waals surface area (Å²) in [5.74, 6) is 0.996. The van der Waals surface area contributed by atoms with E-state index in [1.807, 2.05) is 76.6 Å². The van der Waals surface area contributed by atoms with Crippen LogP contribution in [0.5, 0.6) is 0 Å². The second-order valence-electron chi connectivity index (χ2n) is 6.21. The molecule has 0 atom stereocenters. The lowest BCUT2D eigenvalue weighted by Crippen LogP contribution is -2.25. The van der Waals surface area contributed by atoms with Gasteiger partial charge in [-0.1, -0.05) is 30.3 Å². The van der Waals surface area contributed by atoms with Crippen LogP contribution in [-0.4, -0.2) is 35.3 Å². The summed E-state index contributed by atoms with van der Waals surface area (Å²) in [4.78, 5) is 18.2. The maximum atomic E-state index is 12.7. The number of amides is 1. The standard InChI is InChI=1S/C20H15N7OS/c28-20(21-13-17-24-23-16-10-4-5-11-26(16)17)18-22-19(15-9-6-12-29-15)27(25-18)14-7-2-1-3-8-14/h1-12H,13H2,(H,21,28). The van der Waals surface area contributed by atoms with Crippen molar-refractivity contribution in [2.75, 3.05) is 0 Å². The van der Waals surface area contributed by atoms with E-state index in [9.17, 15) is 4.79 Å². The van der Waals surface area contributed by atoms with Crippen molar-refractivity contribution < 1.29 is 4.79 Å². The van der Waals surface area contributed by atoms with Gasteiger partial charge in [0.05, 0.1) is 17.1 Å².